The van der Waals surface area contributed by atoms with Crippen LogP contribution in [0.2, 0.25) is 0 Å². The van der Waals surface area contributed by atoms with Crippen molar-refractivity contribution in [2.24, 2.45) is 0 Å². The highest BCUT2D eigenvalue weighted by atomic mass is 16.5. The summed E-state index contributed by atoms with van der Waals surface area (Å²) in [6, 6.07) is 14.8. The van der Waals surface area contributed by atoms with E-state index in [1.54, 1.807) is 30.5 Å². The van der Waals surface area contributed by atoms with Crippen molar-refractivity contribution in [3.05, 3.63) is 65.7 Å². The van der Waals surface area contributed by atoms with E-state index in [0.29, 0.717) is 16.9 Å². The van der Waals surface area contributed by atoms with Crippen molar-refractivity contribution in [3.8, 4) is 12.0 Å². The maximum Gasteiger partial charge on any atom is 0.292 e. The molecule has 2 rings (SSSR count). The summed E-state index contributed by atoms with van der Waals surface area (Å²) in [7, 11) is 0. The highest BCUT2D eigenvalue weighted by Gasteiger charge is 2.18. The van der Waals surface area contributed by atoms with Gasteiger partial charge in [0.1, 0.15) is 11.9 Å². The molecule has 94 valence electrons. The molecule has 0 amide bonds. The van der Waals surface area contributed by atoms with Gasteiger partial charge in [-0.05, 0) is 29.8 Å². The van der Waals surface area contributed by atoms with E-state index in [0.717, 1.165) is 0 Å². The van der Waals surface area contributed by atoms with Crippen LogP contribution >= 0.6 is 0 Å². The van der Waals surface area contributed by atoms with Gasteiger partial charge in [-0.3, -0.25) is 4.79 Å². The van der Waals surface area contributed by atoms with Gasteiger partial charge in [0.25, 0.3) is 6.26 Å². The van der Waals surface area contributed by atoms with Crippen LogP contribution in [0.15, 0.2) is 54.6 Å². The van der Waals surface area contributed by atoms with Crippen LogP contribution < -0.4 is 4.74 Å². The summed E-state index contributed by atoms with van der Waals surface area (Å²) >= 11 is 0. The highest BCUT2D eigenvalue weighted by Crippen LogP contribution is 2.20. The summed E-state index contributed by atoms with van der Waals surface area (Å²) in [5, 5.41) is 18.3. The van der Waals surface area contributed by atoms with Crippen molar-refractivity contribution in [3.63, 3.8) is 0 Å². The molecule has 1 unspecified atom stereocenters. The summed E-state index contributed by atoms with van der Waals surface area (Å²) in [6.45, 7) is 0. The minimum atomic E-state index is -1.19. The maximum absolute atomic E-state index is 12.1. The number of benzene rings is 2. The molecule has 0 aliphatic heterocycles. The molecule has 0 aliphatic carbocycles. The zero-order valence-electron chi connectivity index (χ0n) is 9.98. The molecule has 0 bridgehead atoms. The van der Waals surface area contributed by atoms with Crippen molar-refractivity contribution in [2.45, 2.75) is 6.10 Å². The molecule has 0 radical (unpaired) electrons. The van der Waals surface area contributed by atoms with E-state index < -0.39 is 11.9 Å². The fourth-order valence-electron chi connectivity index (χ4n) is 1.68. The highest BCUT2D eigenvalue weighted by molar-refractivity contribution is 5.99. The van der Waals surface area contributed by atoms with Crippen LogP contribution in [0.5, 0.6) is 5.75 Å². The zero-order chi connectivity index (χ0) is 13.7. The molecule has 4 heteroatoms. The van der Waals surface area contributed by atoms with Gasteiger partial charge in [0.2, 0.25) is 0 Å². The number of nitrogens with zero attached hydrogens (tertiary/aromatic N) is 1. The number of ether oxygens (including phenoxy) is 1. The number of aliphatic hydroxyl groups excluding tert-OH is 1. The SMILES string of the molecule is N#COc1ccc(C(=O)C(O)c2ccccc2)cc1. The first-order chi connectivity index (χ1) is 9.22. The number of Topliss-reactive ketones (excluding diaryl/α,β-unsaturated/α-hetero) is 1. The third-order valence-electron chi connectivity index (χ3n) is 2.67. The number of carbonyl (C=O) groups excluding carboxylic acids is 1. The molecule has 0 saturated heterocycles. The molecule has 0 aromatic heterocycles. The number of ketones is 1. The van der Waals surface area contributed by atoms with E-state index in [2.05, 4.69) is 4.74 Å². The van der Waals surface area contributed by atoms with Crippen molar-refractivity contribution >= 4 is 5.78 Å². The number of hydrogen-bond acceptors (Lipinski definition) is 4. The topological polar surface area (TPSA) is 70.3 Å². The lowest BCUT2D eigenvalue weighted by Gasteiger charge is -2.09. The predicted molar refractivity (Wildman–Crippen MR) is 68.4 cm³/mol. The molecule has 0 saturated carbocycles. The molecule has 0 heterocycles. The van der Waals surface area contributed by atoms with Crippen molar-refractivity contribution in [1.82, 2.24) is 0 Å². The molecule has 4 nitrogen and oxygen atoms in total. The van der Waals surface area contributed by atoms with Gasteiger partial charge in [-0.1, -0.05) is 30.3 Å². The molecular weight excluding hydrogens is 242 g/mol. The maximum atomic E-state index is 12.1. The van der Waals surface area contributed by atoms with Gasteiger partial charge in [0.05, 0.1) is 0 Å². The number of rotatable bonds is 4. The fourth-order valence-corrected chi connectivity index (χ4v) is 1.68. The van der Waals surface area contributed by atoms with Crippen LogP contribution in [-0.4, -0.2) is 10.9 Å². The molecule has 2 aromatic rings. The average molecular weight is 253 g/mol. The summed E-state index contributed by atoms with van der Waals surface area (Å²) < 4.78 is 4.62. The van der Waals surface area contributed by atoms with Gasteiger partial charge < -0.3 is 9.84 Å². The van der Waals surface area contributed by atoms with E-state index in [1.807, 2.05) is 6.07 Å². The molecule has 0 spiro atoms. The average Bonchev–Trinajstić information content (AvgIpc) is 2.48. The quantitative estimate of drug-likeness (QED) is 0.671. The second-order valence-electron chi connectivity index (χ2n) is 3.90. The summed E-state index contributed by atoms with van der Waals surface area (Å²) in [4.78, 5) is 12.1. The first-order valence-electron chi connectivity index (χ1n) is 5.65. The van der Waals surface area contributed by atoms with Crippen molar-refractivity contribution in [1.29, 1.82) is 5.26 Å². The van der Waals surface area contributed by atoms with Crippen molar-refractivity contribution < 1.29 is 14.6 Å². The van der Waals surface area contributed by atoms with E-state index in [4.69, 9.17) is 5.26 Å². The second kappa shape index (κ2) is 5.80. The first kappa shape index (κ1) is 12.8. The molecule has 0 aliphatic rings. The fraction of sp³-hybridized carbons (Fsp3) is 0.0667. The van der Waals surface area contributed by atoms with Gasteiger partial charge in [-0.2, -0.15) is 0 Å². The van der Waals surface area contributed by atoms with Crippen molar-refractivity contribution in [2.75, 3.05) is 0 Å². The number of nitriles is 1. The molecule has 19 heavy (non-hydrogen) atoms. The minimum Gasteiger partial charge on any atom is -0.388 e. The lowest BCUT2D eigenvalue weighted by atomic mass is 10.00. The van der Waals surface area contributed by atoms with Gasteiger partial charge in [0.15, 0.2) is 5.78 Å². The molecule has 1 atom stereocenters. The predicted octanol–water partition coefficient (Wildman–Crippen LogP) is 2.46. The Labute approximate surface area is 110 Å². The Kier molecular flexibility index (Phi) is 3.91. The van der Waals surface area contributed by atoms with Gasteiger partial charge in [-0.25, -0.2) is 0 Å². The Morgan fingerprint density at radius 2 is 1.74 bits per heavy atom. The van der Waals surface area contributed by atoms with Crippen LogP contribution in [0.3, 0.4) is 0 Å². The molecule has 0 fully saturated rings. The van der Waals surface area contributed by atoms with E-state index >= 15 is 0 Å². The third-order valence-corrected chi connectivity index (χ3v) is 2.67. The Balaban J connectivity index is 2.18. The van der Waals surface area contributed by atoms with Crippen LogP contribution in [0, 0.1) is 11.5 Å². The second-order valence-corrected chi connectivity index (χ2v) is 3.90. The van der Waals surface area contributed by atoms with Gasteiger partial charge in [0, 0.05) is 5.56 Å². The smallest absolute Gasteiger partial charge is 0.292 e. The van der Waals surface area contributed by atoms with Crippen LogP contribution in [0.25, 0.3) is 0 Å². The molecule has 1 N–H and O–H groups in total. The Hall–Kier alpha value is -2.64. The number of aliphatic hydroxyl groups is 1. The largest absolute Gasteiger partial charge is 0.388 e. The Bertz CT molecular complexity index is 600. The lowest BCUT2D eigenvalue weighted by molar-refractivity contribution is 0.0747. The monoisotopic (exact) mass is 253 g/mol. The standard InChI is InChI=1S/C15H11NO3/c16-10-19-13-8-6-12(7-9-13)15(18)14(17)11-4-2-1-3-5-11/h1-9,14,17H. The van der Waals surface area contributed by atoms with Gasteiger partial charge >= 0.3 is 0 Å². The molecule has 2 aromatic carbocycles. The van der Waals surface area contributed by atoms with E-state index in [9.17, 15) is 9.90 Å². The summed E-state index contributed by atoms with van der Waals surface area (Å²) in [6.07, 6.45) is 0.356. The normalized spacial score (nSPS) is 11.4. The number of hydrogen-bond donors (Lipinski definition) is 1. The third kappa shape index (κ3) is 2.97. The Morgan fingerprint density at radius 3 is 2.32 bits per heavy atom. The van der Waals surface area contributed by atoms with Crippen LogP contribution in [0.4, 0.5) is 0 Å². The van der Waals surface area contributed by atoms with Crippen LogP contribution in [0.1, 0.15) is 22.0 Å². The van der Waals surface area contributed by atoms with E-state index in [-0.39, 0.29) is 0 Å². The number of carbonyl (C=O) groups is 1. The molecular formula is C15H11NO3. The zero-order valence-corrected chi connectivity index (χ0v) is 9.98. The first-order valence-corrected chi connectivity index (χ1v) is 5.65. The summed E-state index contributed by atoms with van der Waals surface area (Å²) in [5.41, 5.74) is 0.909. The van der Waals surface area contributed by atoms with Gasteiger partial charge in [-0.15, -0.1) is 5.26 Å². The van der Waals surface area contributed by atoms with E-state index in [1.165, 1.54) is 24.3 Å². The summed E-state index contributed by atoms with van der Waals surface area (Å²) in [5.74, 6) is -0.0389. The minimum absolute atomic E-state index is 0.355. The lowest BCUT2D eigenvalue weighted by Crippen LogP contribution is -2.12. The Morgan fingerprint density at radius 1 is 1.11 bits per heavy atom. The van der Waals surface area contributed by atoms with Crippen LogP contribution in [-0.2, 0) is 0 Å².